The first kappa shape index (κ1) is 34.9. The number of aromatic nitrogens is 4. The third-order valence-corrected chi connectivity index (χ3v) is 7.11. The Hall–Kier alpha value is -5.92. The number of benzene rings is 2. The van der Waals surface area contributed by atoms with Crippen molar-refractivity contribution in [3.63, 3.8) is 0 Å². The molecule has 0 radical (unpaired) electrons. The first-order chi connectivity index (χ1) is 23.2. The maximum atomic E-state index is 12.8. The molecule has 14 nitrogen and oxygen atoms in total. The van der Waals surface area contributed by atoms with E-state index in [1.807, 2.05) is 74.5 Å². The second-order valence-corrected chi connectivity index (χ2v) is 10.4. The zero-order valence-electron chi connectivity index (χ0n) is 27.9. The fourth-order valence-corrected chi connectivity index (χ4v) is 4.54. The molecule has 48 heavy (non-hydrogen) atoms. The number of ether oxygens (including phenoxy) is 2. The average molecular weight is 653 g/mol. The topological polar surface area (TPSA) is 183 Å². The van der Waals surface area contributed by atoms with Gasteiger partial charge in [0.2, 0.25) is 0 Å². The molecular weight excluding hydrogens is 612 g/mol. The lowest BCUT2D eigenvalue weighted by molar-refractivity contribution is -0.135. The second-order valence-electron chi connectivity index (χ2n) is 10.4. The van der Waals surface area contributed by atoms with Gasteiger partial charge in [-0.3, -0.25) is 31.0 Å². The first-order valence-electron chi connectivity index (χ1n) is 15.5. The monoisotopic (exact) mass is 652 g/mol. The Morgan fingerprint density at radius 3 is 1.40 bits per heavy atom. The minimum absolute atomic E-state index is 0.00318. The fourth-order valence-electron chi connectivity index (χ4n) is 4.54. The van der Waals surface area contributed by atoms with Crippen molar-refractivity contribution in [1.29, 1.82) is 0 Å². The predicted octanol–water partition coefficient (Wildman–Crippen LogP) is 5.37. The van der Waals surface area contributed by atoms with Gasteiger partial charge in [0.05, 0.1) is 49.1 Å². The standard InChI is InChI=1S/C34H40N10O4/c1-7-47-33(45)29(39-43-31-21(3)27(37-41-31)25-15-11-9-12-16-25)23(5)35-19-20-36-24(6)30(34(46)48-8-2)40-44-32-22(4)28(38-42-32)26-17-13-10-14-18-26/h9-18H,7-8,19-20H2,1-6H3,(H2,37,41,43)(H2,38,42,44)/b35-23?,36-24?,39-29-,40-30-. The second kappa shape index (κ2) is 17.1. The smallest absolute Gasteiger partial charge is 0.360 e. The maximum Gasteiger partial charge on any atom is 0.360 e. The molecule has 0 unspecified atom stereocenters. The number of nitrogens with one attached hydrogen (secondary N) is 4. The van der Waals surface area contributed by atoms with E-state index in [1.54, 1.807) is 27.7 Å². The zero-order valence-corrected chi connectivity index (χ0v) is 27.9. The van der Waals surface area contributed by atoms with Crippen molar-refractivity contribution in [3.05, 3.63) is 71.8 Å². The van der Waals surface area contributed by atoms with Gasteiger partial charge in [0.25, 0.3) is 0 Å². The lowest BCUT2D eigenvalue weighted by atomic mass is 10.1. The molecule has 2 aromatic heterocycles. The van der Waals surface area contributed by atoms with Gasteiger partial charge in [0.1, 0.15) is 0 Å². The summed E-state index contributed by atoms with van der Waals surface area (Å²) in [5.41, 5.74) is 11.7. The van der Waals surface area contributed by atoms with E-state index in [4.69, 9.17) is 9.47 Å². The summed E-state index contributed by atoms with van der Waals surface area (Å²) in [5.74, 6) is -0.336. The molecule has 0 saturated heterocycles. The number of esters is 2. The fraction of sp³-hybridized carbons (Fsp3) is 0.294. The van der Waals surface area contributed by atoms with Crippen LogP contribution in [0.1, 0.15) is 38.8 Å². The molecule has 2 heterocycles. The molecular formula is C34H40N10O4. The molecule has 0 bridgehead atoms. The van der Waals surface area contributed by atoms with Crippen LogP contribution in [0.2, 0.25) is 0 Å². The van der Waals surface area contributed by atoms with Gasteiger partial charge in [-0.2, -0.15) is 20.4 Å². The molecule has 0 spiro atoms. The number of H-pyrrole nitrogens is 2. The average Bonchev–Trinajstić information content (AvgIpc) is 3.65. The summed E-state index contributed by atoms with van der Waals surface area (Å²) < 4.78 is 10.4. The highest BCUT2D eigenvalue weighted by Crippen LogP contribution is 2.26. The van der Waals surface area contributed by atoms with Gasteiger partial charge >= 0.3 is 11.9 Å². The number of carbonyl (C=O) groups excluding carboxylic acids is 2. The number of hydrazone groups is 2. The van der Waals surface area contributed by atoms with Gasteiger partial charge in [-0.1, -0.05) is 60.7 Å². The summed E-state index contributed by atoms with van der Waals surface area (Å²) in [7, 11) is 0. The van der Waals surface area contributed by atoms with E-state index in [-0.39, 0.29) is 37.7 Å². The Kier molecular flexibility index (Phi) is 12.5. The molecule has 4 N–H and O–H groups in total. The summed E-state index contributed by atoms with van der Waals surface area (Å²) >= 11 is 0. The van der Waals surface area contributed by atoms with Gasteiger partial charge in [0.15, 0.2) is 23.1 Å². The molecule has 4 aromatic rings. The van der Waals surface area contributed by atoms with E-state index in [2.05, 4.69) is 51.4 Å². The summed E-state index contributed by atoms with van der Waals surface area (Å²) in [6.45, 7) is 11.3. The van der Waals surface area contributed by atoms with Crippen molar-refractivity contribution >= 4 is 46.4 Å². The largest absolute Gasteiger partial charge is 0.461 e. The van der Waals surface area contributed by atoms with Crippen LogP contribution in [0.5, 0.6) is 0 Å². The molecule has 2 aromatic carbocycles. The SMILES string of the molecule is CCOC(=O)/C(=N\Nc1n[nH]c(-c2ccccc2)c1C)C(C)=NCCN=C(C)/C(=N/Nc1n[nH]c(-c2ccccc2)c1C)C(=O)OCC. The van der Waals surface area contributed by atoms with E-state index in [0.717, 1.165) is 33.6 Å². The van der Waals surface area contributed by atoms with Gasteiger partial charge in [-0.05, 0) is 52.7 Å². The van der Waals surface area contributed by atoms with Crippen LogP contribution in [0.4, 0.5) is 11.6 Å². The molecule has 14 heteroatoms. The van der Waals surface area contributed by atoms with Crippen molar-refractivity contribution < 1.29 is 19.1 Å². The van der Waals surface area contributed by atoms with Crippen LogP contribution in [0.25, 0.3) is 22.5 Å². The summed E-state index contributed by atoms with van der Waals surface area (Å²) in [6.07, 6.45) is 0. The van der Waals surface area contributed by atoms with Crippen molar-refractivity contribution in [2.75, 3.05) is 37.2 Å². The summed E-state index contributed by atoms with van der Waals surface area (Å²) in [4.78, 5) is 34.5. The van der Waals surface area contributed by atoms with E-state index in [1.165, 1.54) is 0 Å². The number of nitrogens with zero attached hydrogens (tertiary/aromatic N) is 6. The highest BCUT2D eigenvalue weighted by atomic mass is 16.5. The minimum atomic E-state index is -0.630. The molecule has 0 atom stereocenters. The van der Waals surface area contributed by atoms with Crippen LogP contribution in [-0.4, -0.2) is 81.5 Å². The van der Waals surface area contributed by atoms with Crippen LogP contribution >= 0.6 is 0 Å². The zero-order chi connectivity index (χ0) is 34.5. The lowest BCUT2D eigenvalue weighted by Crippen LogP contribution is -2.27. The third kappa shape index (κ3) is 8.87. The van der Waals surface area contributed by atoms with E-state index in [0.29, 0.717) is 23.1 Å². The number of rotatable bonds is 15. The summed E-state index contributed by atoms with van der Waals surface area (Å²) in [6, 6.07) is 19.5. The van der Waals surface area contributed by atoms with Gasteiger partial charge in [0, 0.05) is 11.1 Å². The summed E-state index contributed by atoms with van der Waals surface area (Å²) in [5, 5.41) is 23.2. The highest BCUT2D eigenvalue weighted by molar-refractivity contribution is 6.66. The number of aliphatic imine (C=N–C) groups is 2. The molecule has 0 saturated carbocycles. The van der Waals surface area contributed by atoms with Crippen molar-refractivity contribution in [2.45, 2.75) is 41.5 Å². The number of carbonyl (C=O) groups is 2. The van der Waals surface area contributed by atoms with E-state index in [9.17, 15) is 9.59 Å². The van der Waals surface area contributed by atoms with Crippen LogP contribution in [0.3, 0.4) is 0 Å². The lowest BCUT2D eigenvalue weighted by Gasteiger charge is -2.08. The third-order valence-electron chi connectivity index (χ3n) is 7.11. The number of aromatic amines is 2. The number of anilines is 2. The van der Waals surface area contributed by atoms with Crippen molar-refractivity contribution in [1.82, 2.24) is 20.4 Å². The number of hydrogen-bond acceptors (Lipinski definition) is 12. The van der Waals surface area contributed by atoms with E-state index >= 15 is 0 Å². The van der Waals surface area contributed by atoms with Crippen LogP contribution in [-0.2, 0) is 19.1 Å². The minimum Gasteiger partial charge on any atom is -0.461 e. The predicted molar refractivity (Wildman–Crippen MR) is 189 cm³/mol. The first-order valence-corrected chi connectivity index (χ1v) is 15.5. The van der Waals surface area contributed by atoms with Crippen LogP contribution in [0, 0.1) is 13.8 Å². The van der Waals surface area contributed by atoms with Crippen LogP contribution < -0.4 is 10.9 Å². The Morgan fingerprint density at radius 1 is 0.667 bits per heavy atom. The van der Waals surface area contributed by atoms with Crippen molar-refractivity contribution in [3.8, 4) is 22.5 Å². The Bertz CT molecular complexity index is 1690. The van der Waals surface area contributed by atoms with Crippen LogP contribution in [0.15, 0.2) is 80.9 Å². The van der Waals surface area contributed by atoms with Gasteiger partial charge < -0.3 is 9.47 Å². The molecule has 250 valence electrons. The van der Waals surface area contributed by atoms with Crippen molar-refractivity contribution in [2.24, 2.45) is 20.2 Å². The Morgan fingerprint density at radius 2 is 1.04 bits per heavy atom. The number of hydrogen-bond donors (Lipinski definition) is 4. The highest BCUT2D eigenvalue weighted by Gasteiger charge is 2.20. The molecule has 0 aliphatic rings. The molecule has 4 rings (SSSR count). The van der Waals surface area contributed by atoms with Gasteiger partial charge in [-0.25, -0.2) is 9.59 Å². The maximum absolute atomic E-state index is 12.8. The normalized spacial score (nSPS) is 12.5. The Balaban J connectivity index is 1.47. The quantitative estimate of drug-likeness (QED) is 0.0572. The molecule has 0 aliphatic carbocycles. The molecule has 0 amide bonds. The van der Waals surface area contributed by atoms with E-state index < -0.39 is 11.9 Å². The molecule has 0 aliphatic heterocycles. The molecule has 0 fully saturated rings. The van der Waals surface area contributed by atoms with Gasteiger partial charge in [-0.15, -0.1) is 0 Å². The Labute approximate surface area is 278 Å².